The second-order valence-electron chi connectivity index (χ2n) is 6.89. The summed E-state index contributed by atoms with van der Waals surface area (Å²) in [6.07, 6.45) is 0. The Balaban J connectivity index is 2.21. The number of benzene rings is 2. The fraction of sp³-hybridized carbons (Fsp3) is 0.240. The van der Waals surface area contributed by atoms with Crippen molar-refractivity contribution < 1.29 is 23.6 Å². The van der Waals surface area contributed by atoms with E-state index in [0.29, 0.717) is 17.9 Å². The average Bonchev–Trinajstić information content (AvgIpc) is 2.75. The van der Waals surface area contributed by atoms with Crippen molar-refractivity contribution in [2.75, 3.05) is 13.2 Å². The summed E-state index contributed by atoms with van der Waals surface area (Å²) in [5, 5.41) is 0. The van der Waals surface area contributed by atoms with Gasteiger partial charge in [0.15, 0.2) is 6.54 Å². The van der Waals surface area contributed by atoms with Crippen molar-refractivity contribution in [2.24, 2.45) is 0 Å². The topological polar surface area (TPSA) is 56.5 Å². The van der Waals surface area contributed by atoms with Crippen LogP contribution in [0.1, 0.15) is 46.0 Å². The van der Waals surface area contributed by atoms with Gasteiger partial charge in [-0.15, -0.1) is 0 Å². The minimum atomic E-state index is -0.479. The van der Waals surface area contributed by atoms with Crippen molar-refractivity contribution in [3.05, 3.63) is 89.2 Å². The molecular weight excluding hydrogens is 378 g/mol. The molecule has 0 bridgehead atoms. The third kappa shape index (κ3) is 4.92. The molecule has 0 aliphatic rings. The van der Waals surface area contributed by atoms with E-state index in [-0.39, 0.29) is 13.2 Å². The van der Waals surface area contributed by atoms with Gasteiger partial charge in [-0.05, 0) is 31.9 Å². The number of pyridine rings is 1. The molecule has 0 unspecified atom stereocenters. The largest absolute Gasteiger partial charge is 0.458 e. The Bertz CT molecular complexity index is 988. The van der Waals surface area contributed by atoms with Crippen LogP contribution in [0.25, 0.3) is 11.1 Å². The van der Waals surface area contributed by atoms with Gasteiger partial charge in [0.1, 0.15) is 0 Å². The van der Waals surface area contributed by atoms with Crippen LogP contribution in [0.5, 0.6) is 0 Å². The number of carbonyl (C=O) groups is 2. The number of rotatable bonds is 7. The Kier molecular flexibility index (Phi) is 6.96. The molecular formula is C25H26NO4+. The van der Waals surface area contributed by atoms with Crippen LogP contribution in [-0.4, -0.2) is 25.2 Å². The van der Waals surface area contributed by atoms with Crippen LogP contribution in [0.15, 0.2) is 66.7 Å². The van der Waals surface area contributed by atoms with Crippen LogP contribution in [0.3, 0.4) is 0 Å². The molecule has 0 fully saturated rings. The molecule has 0 amide bonds. The van der Waals surface area contributed by atoms with E-state index in [1.165, 1.54) is 0 Å². The van der Waals surface area contributed by atoms with Crippen LogP contribution in [0.2, 0.25) is 0 Å². The molecule has 3 aromatic rings. The lowest BCUT2D eigenvalue weighted by molar-refractivity contribution is -0.693. The van der Waals surface area contributed by atoms with Crippen molar-refractivity contribution in [2.45, 2.75) is 27.3 Å². The van der Waals surface area contributed by atoms with E-state index in [1.807, 2.05) is 61.5 Å². The number of ether oxygens (including phenoxy) is 2. The number of aryl methyl sites for hydroxylation is 1. The predicted octanol–water partition coefficient (Wildman–Crippen LogP) is 4.35. The molecule has 2 aromatic carbocycles. The lowest BCUT2D eigenvalue weighted by Crippen LogP contribution is -2.47. The second-order valence-corrected chi connectivity index (χ2v) is 6.89. The van der Waals surface area contributed by atoms with Crippen LogP contribution in [0, 0.1) is 6.92 Å². The normalized spacial score (nSPS) is 10.5. The van der Waals surface area contributed by atoms with E-state index in [4.69, 9.17) is 9.47 Å². The van der Waals surface area contributed by atoms with E-state index in [1.54, 1.807) is 30.5 Å². The number of hydrogen-bond donors (Lipinski definition) is 0. The maximum absolute atomic E-state index is 12.8. The Morgan fingerprint density at radius 2 is 1.30 bits per heavy atom. The first-order valence-electron chi connectivity index (χ1n) is 10.1. The molecule has 0 N–H and O–H groups in total. The van der Waals surface area contributed by atoms with Crippen LogP contribution < -0.4 is 4.57 Å². The van der Waals surface area contributed by atoms with E-state index in [2.05, 4.69) is 0 Å². The van der Waals surface area contributed by atoms with Gasteiger partial charge in [-0.1, -0.05) is 60.2 Å². The number of carbonyl (C=O) groups excluding carboxylic acids is 2. The summed E-state index contributed by atoms with van der Waals surface area (Å²) in [5.74, 6) is -0.958. The zero-order valence-electron chi connectivity index (χ0n) is 17.6. The van der Waals surface area contributed by atoms with Gasteiger partial charge >= 0.3 is 11.9 Å². The van der Waals surface area contributed by atoms with Crippen LogP contribution in [0.4, 0.5) is 0 Å². The molecule has 1 heterocycles. The fourth-order valence-electron chi connectivity index (χ4n) is 3.22. The quantitative estimate of drug-likeness (QED) is 0.434. The molecule has 0 aliphatic heterocycles. The van der Waals surface area contributed by atoms with Gasteiger partial charge < -0.3 is 9.47 Å². The lowest BCUT2D eigenvalue weighted by atomic mass is 10.0. The van der Waals surface area contributed by atoms with E-state index in [9.17, 15) is 9.59 Å². The maximum atomic E-state index is 12.8. The van der Waals surface area contributed by atoms with Gasteiger partial charge in [-0.25, -0.2) is 9.59 Å². The van der Waals surface area contributed by atoms with Gasteiger partial charge in [-0.2, -0.15) is 4.57 Å². The van der Waals surface area contributed by atoms with Gasteiger partial charge in [-0.3, -0.25) is 0 Å². The molecule has 5 heteroatoms. The highest BCUT2D eigenvalue weighted by molar-refractivity contribution is 5.91. The maximum Gasteiger partial charge on any atom is 0.403 e. The predicted molar refractivity (Wildman–Crippen MR) is 114 cm³/mol. The smallest absolute Gasteiger partial charge is 0.403 e. The molecule has 0 atom stereocenters. The van der Waals surface area contributed by atoms with E-state index < -0.39 is 11.9 Å². The lowest BCUT2D eigenvalue weighted by Gasteiger charge is -2.11. The molecule has 0 spiro atoms. The number of esters is 2. The minimum Gasteiger partial charge on any atom is -0.458 e. The summed E-state index contributed by atoms with van der Waals surface area (Å²) in [4.78, 5) is 25.7. The average molecular weight is 404 g/mol. The molecule has 0 aliphatic carbocycles. The SMILES string of the molecule is CCOC(=O)c1cc(-c2ccc(C)cc2)cc(C(=O)OCC)[n+]1Cc1ccccc1. The van der Waals surface area contributed by atoms with Gasteiger partial charge in [0.25, 0.3) is 11.4 Å². The Morgan fingerprint density at radius 1 is 0.767 bits per heavy atom. The van der Waals surface area contributed by atoms with Crippen molar-refractivity contribution in [1.82, 2.24) is 0 Å². The summed E-state index contributed by atoms with van der Waals surface area (Å²) in [6.45, 7) is 6.36. The number of nitrogens with zero attached hydrogens (tertiary/aromatic N) is 1. The molecule has 154 valence electrons. The first-order valence-corrected chi connectivity index (χ1v) is 10.1. The summed E-state index contributed by atoms with van der Waals surface area (Å²) < 4.78 is 12.3. The number of aromatic nitrogens is 1. The molecule has 1 aromatic heterocycles. The van der Waals surface area contributed by atoms with Crippen LogP contribution in [-0.2, 0) is 16.0 Å². The fourth-order valence-corrected chi connectivity index (χ4v) is 3.22. The van der Waals surface area contributed by atoms with Crippen molar-refractivity contribution >= 4 is 11.9 Å². The first-order chi connectivity index (χ1) is 14.5. The number of hydrogen-bond acceptors (Lipinski definition) is 4. The molecule has 30 heavy (non-hydrogen) atoms. The Labute approximate surface area is 176 Å². The third-order valence-electron chi connectivity index (χ3n) is 4.70. The van der Waals surface area contributed by atoms with Gasteiger partial charge in [0, 0.05) is 17.7 Å². The zero-order chi connectivity index (χ0) is 21.5. The highest BCUT2D eigenvalue weighted by Crippen LogP contribution is 2.22. The standard InChI is InChI=1S/C25H26NO4/c1-4-29-24(27)22-15-21(20-13-11-18(3)12-14-20)16-23(25(28)30-5-2)26(22)17-19-9-7-6-8-10-19/h6-16H,4-5,17H2,1-3H3/q+1. The van der Waals surface area contributed by atoms with Crippen molar-refractivity contribution in [3.63, 3.8) is 0 Å². The minimum absolute atomic E-state index is 0.244. The molecule has 0 radical (unpaired) electrons. The second kappa shape index (κ2) is 9.83. The Hall–Kier alpha value is -3.47. The third-order valence-corrected chi connectivity index (χ3v) is 4.70. The van der Waals surface area contributed by atoms with Crippen molar-refractivity contribution in [3.8, 4) is 11.1 Å². The summed E-state index contributed by atoms with van der Waals surface area (Å²) in [7, 11) is 0. The van der Waals surface area contributed by atoms with Gasteiger partial charge in [0.2, 0.25) is 0 Å². The summed E-state index contributed by atoms with van der Waals surface area (Å²) >= 11 is 0. The van der Waals surface area contributed by atoms with Gasteiger partial charge in [0.05, 0.1) is 13.2 Å². The molecule has 0 saturated heterocycles. The van der Waals surface area contributed by atoms with Crippen LogP contribution >= 0.6 is 0 Å². The summed E-state index contributed by atoms with van der Waals surface area (Å²) in [5.41, 5.74) is 4.37. The first kappa shape index (κ1) is 21.2. The monoisotopic (exact) mass is 404 g/mol. The molecule has 3 rings (SSSR count). The van der Waals surface area contributed by atoms with Crippen molar-refractivity contribution in [1.29, 1.82) is 0 Å². The highest BCUT2D eigenvalue weighted by atomic mass is 16.5. The Morgan fingerprint density at radius 3 is 1.80 bits per heavy atom. The summed E-state index contributed by atoms with van der Waals surface area (Å²) in [6, 6.07) is 21.1. The zero-order valence-corrected chi connectivity index (χ0v) is 17.6. The highest BCUT2D eigenvalue weighted by Gasteiger charge is 2.31. The molecule has 0 saturated carbocycles. The van der Waals surface area contributed by atoms with E-state index in [0.717, 1.165) is 22.3 Å². The molecule has 5 nitrogen and oxygen atoms in total. The van der Waals surface area contributed by atoms with E-state index >= 15 is 0 Å².